The van der Waals surface area contributed by atoms with Crippen LogP contribution in [0, 0.1) is 13.8 Å². The summed E-state index contributed by atoms with van der Waals surface area (Å²) >= 11 is 3.36. The van der Waals surface area contributed by atoms with Gasteiger partial charge in [0.15, 0.2) is 6.61 Å². The molecule has 22 heavy (non-hydrogen) atoms. The lowest BCUT2D eigenvalue weighted by atomic mass is 10.1. The van der Waals surface area contributed by atoms with E-state index in [1.54, 1.807) is 6.21 Å². The molecule has 1 amide bonds. The number of rotatable bonds is 5. The van der Waals surface area contributed by atoms with Gasteiger partial charge in [0.05, 0.1) is 6.21 Å². The second-order valence-electron chi connectivity index (χ2n) is 4.90. The summed E-state index contributed by atoms with van der Waals surface area (Å²) < 4.78 is 6.50. The quantitative estimate of drug-likeness (QED) is 0.654. The van der Waals surface area contributed by atoms with Crippen molar-refractivity contribution in [1.29, 1.82) is 0 Å². The monoisotopic (exact) mass is 360 g/mol. The Hall–Kier alpha value is -2.14. The number of nitrogens with one attached hydrogen (secondary N) is 1. The molecular formula is C17H17BrN2O2. The average molecular weight is 361 g/mol. The van der Waals surface area contributed by atoms with Crippen LogP contribution in [-0.4, -0.2) is 18.7 Å². The summed E-state index contributed by atoms with van der Waals surface area (Å²) in [4.78, 5) is 11.7. The van der Waals surface area contributed by atoms with Crippen molar-refractivity contribution in [3.05, 3.63) is 63.6 Å². The number of hydrogen-bond acceptors (Lipinski definition) is 3. The van der Waals surface area contributed by atoms with Crippen molar-refractivity contribution >= 4 is 28.1 Å². The maximum Gasteiger partial charge on any atom is 0.277 e. The molecule has 2 rings (SSSR count). The van der Waals surface area contributed by atoms with E-state index in [0.29, 0.717) is 5.75 Å². The topological polar surface area (TPSA) is 50.7 Å². The summed E-state index contributed by atoms with van der Waals surface area (Å²) in [5.41, 5.74) is 5.43. The predicted octanol–water partition coefficient (Wildman–Crippen LogP) is 3.60. The molecule has 0 spiro atoms. The number of halogens is 1. The van der Waals surface area contributed by atoms with Crippen LogP contribution in [0.4, 0.5) is 0 Å². The highest BCUT2D eigenvalue weighted by Crippen LogP contribution is 2.18. The van der Waals surface area contributed by atoms with Gasteiger partial charge in [-0.15, -0.1) is 0 Å². The minimum Gasteiger partial charge on any atom is -0.483 e. The van der Waals surface area contributed by atoms with E-state index in [0.717, 1.165) is 21.2 Å². The molecule has 0 bridgehead atoms. The normalized spacial score (nSPS) is 10.7. The number of amides is 1. The Balaban J connectivity index is 1.83. The van der Waals surface area contributed by atoms with Crippen LogP contribution in [0.25, 0.3) is 0 Å². The van der Waals surface area contributed by atoms with Crippen molar-refractivity contribution in [2.24, 2.45) is 5.10 Å². The summed E-state index contributed by atoms with van der Waals surface area (Å²) in [7, 11) is 0. The molecule has 0 aliphatic heterocycles. The van der Waals surface area contributed by atoms with Crippen molar-refractivity contribution in [3.8, 4) is 5.75 Å². The standard InChI is InChI=1S/C17H17BrN2O2/c1-12-3-4-13(2)16(9-12)22-11-17(21)20-19-10-14-5-7-15(18)8-6-14/h3-10H,11H2,1-2H3,(H,20,21)/b19-10+. The number of hydrogen-bond donors (Lipinski definition) is 1. The van der Waals surface area contributed by atoms with Gasteiger partial charge in [-0.25, -0.2) is 5.43 Å². The number of ether oxygens (including phenoxy) is 1. The van der Waals surface area contributed by atoms with E-state index in [4.69, 9.17) is 4.74 Å². The molecule has 2 aromatic rings. The smallest absolute Gasteiger partial charge is 0.277 e. The summed E-state index contributed by atoms with van der Waals surface area (Å²) in [6.07, 6.45) is 1.59. The van der Waals surface area contributed by atoms with Gasteiger partial charge in [-0.05, 0) is 48.7 Å². The van der Waals surface area contributed by atoms with Crippen molar-refractivity contribution < 1.29 is 9.53 Å². The fourth-order valence-electron chi connectivity index (χ4n) is 1.77. The fourth-order valence-corrected chi connectivity index (χ4v) is 2.03. The molecule has 0 aliphatic rings. The number of benzene rings is 2. The van der Waals surface area contributed by atoms with Crippen LogP contribution in [0.15, 0.2) is 52.0 Å². The van der Waals surface area contributed by atoms with Gasteiger partial charge in [0, 0.05) is 4.47 Å². The third-order valence-electron chi connectivity index (χ3n) is 2.98. The lowest BCUT2D eigenvalue weighted by Crippen LogP contribution is -2.24. The Morgan fingerprint density at radius 1 is 1.23 bits per heavy atom. The zero-order valence-corrected chi connectivity index (χ0v) is 14.1. The number of carbonyl (C=O) groups excluding carboxylic acids is 1. The van der Waals surface area contributed by atoms with Crippen LogP contribution in [0.5, 0.6) is 5.75 Å². The lowest BCUT2D eigenvalue weighted by molar-refractivity contribution is -0.123. The molecule has 0 aliphatic carbocycles. The number of hydrazone groups is 1. The third-order valence-corrected chi connectivity index (χ3v) is 3.50. The molecule has 5 heteroatoms. The summed E-state index contributed by atoms with van der Waals surface area (Å²) in [6, 6.07) is 13.5. The molecule has 2 aromatic carbocycles. The Morgan fingerprint density at radius 3 is 2.68 bits per heavy atom. The Morgan fingerprint density at radius 2 is 1.95 bits per heavy atom. The van der Waals surface area contributed by atoms with Gasteiger partial charge in [0.25, 0.3) is 5.91 Å². The lowest BCUT2D eigenvalue weighted by Gasteiger charge is -2.08. The van der Waals surface area contributed by atoms with Gasteiger partial charge in [-0.1, -0.05) is 40.2 Å². The number of carbonyl (C=O) groups is 1. The highest BCUT2D eigenvalue weighted by molar-refractivity contribution is 9.10. The van der Waals surface area contributed by atoms with E-state index in [1.165, 1.54) is 0 Å². The van der Waals surface area contributed by atoms with E-state index in [-0.39, 0.29) is 12.5 Å². The second-order valence-corrected chi connectivity index (χ2v) is 5.82. The summed E-state index contributed by atoms with van der Waals surface area (Å²) in [5.74, 6) is 0.418. The van der Waals surface area contributed by atoms with Crippen LogP contribution in [-0.2, 0) is 4.79 Å². The van der Waals surface area contributed by atoms with Crippen LogP contribution in [0.2, 0.25) is 0 Å². The van der Waals surface area contributed by atoms with Gasteiger partial charge in [-0.2, -0.15) is 5.10 Å². The zero-order valence-electron chi connectivity index (χ0n) is 12.5. The number of aryl methyl sites for hydroxylation is 2. The van der Waals surface area contributed by atoms with Crippen LogP contribution >= 0.6 is 15.9 Å². The fraction of sp³-hybridized carbons (Fsp3) is 0.176. The first kappa shape index (κ1) is 16.2. The zero-order chi connectivity index (χ0) is 15.9. The van der Waals surface area contributed by atoms with Gasteiger partial charge < -0.3 is 4.74 Å². The van der Waals surface area contributed by atoms with Crippen molar-refractivity contribution in [2.75, 3.05) is 6.61 Å². The van der Waals surface area contributed by atoms with Crippen molar-refractivity contribution in [2.45, 2.75) is 13.8 Å². The summed E-state index contributed by atoms with van der Waals surface area (Å²) in [6.45, 7) is 3.86. The van der Waals surface area contributed by atoms with Crippen molar-refractivity contribution in [3.63, 3.8) is 0 Å². The van der Waals surface area contributed by atoms with E-state index in [1.807, 2.05) is 56.3 Å². The van der Waals surface area contributed by atoms with Gasteiger partial charge in [0.2, 0.25) is 0 Å². The first-order valence-electron chi connectivity index (χ1n) is 6.82. The largest absolute Gasteiger partial charge is 0.483 e. The number of nitrogens with zero attached hydrogens (tertiary/aromatic N) is 1. The van der Waals surface area contributed by atoms with E-state index in [9.17, 15) is 4.79 Å². The van der Waals surface area contributed by atoms with Crippen molar-refractivity contribution in [1.82, 2.24) is 5.43 Å². The van der Waals surface area contributed by atoms with Gasteiger partial charge in [0.1, 0.15) is 5.75 Å². The Bertz CT molecular complexity index is 682. The van der Waals surface area contributed by atoms with Crippen LogP contribution in [0.1, 0.15) is 16.7 Å². The molecule has 0 atom stereocenters. The highest BCUT2D eigenvalue weighted by Gasteiger charge is 2.04. The SMILES string of the molecule is Cc1ccc(C)c(OCC(=O)N/N=C/c2ccc(Br)cc2)c1. The molecule has 4 nitrogen and oxygen atoms in total. The minimum absolute atomic E-state index is 0.0675. The molecule has 0 heterocycles. The molecule has 0 saturated heterocycles. The average Bonchev–Trinajstić information content (AvgIpc) is 2.50. The van der Waals surface area contributed by atoms with E-state index in [2.05, 4.69) is 26.5 Å². The summed E-state index contributed by atoms with van der Waals surface area (Å²) in [5, 5.41) is 3.90. The van der Waals surface area contributed by atoms with Crippen LogP contribution < -0.4 is 10.2 Å². The third kappa shape index (κ3) is 5.00. The molecular weight excluding hydrogens is 344 g/mol. The maximum absolute atomic E-state index is 11.7. The maximum atomic E-state index is 11.7. The molecule has 114 valence electrons. The van der Waals surface area contributed by atoms with E-state index >= 15 is 0 Å². The van der Waals surface area contributed by atoms with Gasteiger partial charge >= 0.3 is 0 Å². The predicted molar refractivity (Wildman–Crippen MR) is 91.3 cm³/mol. The molecule has 0 saturated carbocycles. The molecule has 0 aromatic heterocycles. The second kappa shape index (κ2) is 7.75. The highest BCUT2D eigenvalue weighted by atomic mass is 79.9. The Labute approximate surface area is 138 Å². The first-order chi connectivity index (χ1) is 10.5. The van der Waals surface area contributed by atoms with E-state index < -0.39 is 0 Å². The molecule has 0 radical (unpaired) electrons. The van der Waals surface area contributed by atoms with Gasteiger partial charge in [-0.3, -0.25) is 4.79 Å². The molecule has 1 N–H and O–H groups in total. The first-order valence-corrected chi connectivity index (χ1v) is 7.61. The minimum atomic E-state index is -0.297. The molecule has 0 fully saturated rings. The van der Waals surface area contributed by atoms with Crippen LogP contribution in [0.3, 0.4) is 0 Å². The Kier molecular flexibility index (Phi) is 5.72. The molecule has 0 unspecified atom stereocenters.